The summed E-state index contributed by atoms with van der Waals surface area (Å²) in [6, 6.07) is 6.09. The summed E-state index contributed by atoms with van der Waals surface area (Å²) in [5, 5.41) is 0. The van der Waals surface area contributed by atoms with E-state index in [0.29, 0.717) is 31.3 Å². The molecule has 0 unspecified atom stereocenters. The lowest BCUT2D eigenvalue weighted by atomic mass is 10.1. The van der Waals surface area contributed by atoms with E-state index < -0.39 is 0 Å². The molecule has 0 radical (unpaired) electrons. The fourth-order valence-electron chi connectivity index (χ4n) is 3.09. The van der Waals surface area contributed by atoms with Crippen LogP contribution < -0.4 is 9.80 Å². The zero-order valence-corrected chi connectivity index (χ0v) is 14.0. The number of hydrogen-bond donors (Lipinski definition) is 0. The van der Waals surface area contributed by atoms with Crippen LogP contribution in [0.1, 0.15) is 27.2 Å². The fourth-order valence-corrected chi connectivity index (χ4v) is 3.09. The molecule has 1 saturated heterocycles. The number of fused-ring (bicyclic) bond motifs is 1. The third-order valence-electron chi connectivity index (χ3n) is 4.73. The number of carbonyl (C=O) groups is 1. The van der Waals surface area contributed by atoms with Gasteiger partial charge in [-0.1, -0.05) is 6.07 Å². The number of rotatable bonds is 2. The summed E-state index contributed by atoms with van der Waals surface area (Å²) in [7, 11) is 0. The first-order valence-electron chi connectivity index (χ1n) is 8.21. The second-order valence-corrected chi connectivity index (χ2v) is 6.29. The van der Waals surface area contributed by atoms with Crippen molar-refractivity contribution in [2.75, 3.05) is 36.1 Å². The molecule has 2 aromatic rings. The quantitative estimate of drug-likeness (QED) is 0.846. The second-order valence-electron chi connectivity index (χ2n) is 6.29. The first kappa shape index (κ1) is 15.1. The topological polar surface area (TPSA) is 58.6 Å². The number of carbonyl (C=O) groups excluding carboxylic acids is 1. The number of aryl methyl sites for hydroxylation is 2. The minimum atomic E-state index is -0.0261. The van der Waals surface area contributed by atoms with Gasteiger partial charge in [0.2, 0.25) is 5.95 Å². The number of nitrogens with zero attached hydrogens (tertiary/aromatic N) is 4. The molecule has 1 fully saturated rings. The van der Waals surface area contributed by atoms with E-state index in [1.165, 1.54) is 11.1 Å². The minimum Gasteiger partial charge on any atom is -0.378 e. The van der Waals surface area contributed by atoms with Crippen LogP contribution in [-0.4, -0.2) is 42.2 Å². The van der Waals surface area contributed by atoms with Crippen LogP contribution >= 0.6 is 0 Å². The van der Waals surface area contributed by atoms with Gasteiger partial charge in [0.05, 0.1) is 31.0 Å². The molecular weight excluding hydrogens is 304 g/mol. The number of ether oxygens (including phenoxy) is 1. The molecule has 0 bridgehead atoms. The molecule has 1 amide bonds. The normalized spacial score (nSPS) is 17.3. The standard InChI is InChI=1S/C18H20N4O2/c1-12-3-4-14(9-13(12)2)22-11-16-15(17(22)23)10-19-18(20-16)21-5-7-24-8-6-21/h3-4,9-10H,5-8,11H2,1-2H3. The van der Waals surface area contributed by atoms with E-state index in [2.05, 4.69) is 34.8 Å². The number of hydrogen-bond acceptors (Lipinski definition) is 5. The average molecular weight is 324 g/mol. The summed E-state index contributed by atoms with van der Waals surface area (Å²) >= 11 is 0. The van der Waals surface area contributed by atoms with E-state index in [1.54, 1.807) is 11.1 Å². The van der Waals surface area contributed by atoms with Gasteiger partial charge in [-0.15, -0.1) is 0 Å². The molecule has 2 aliphatic heterocycles. The Morgan fingerprint density at radius 1 is 1.12 bits per heavy atom. The lowest BCUT2D eigenvalue weighted by Gasteiger charge is -2.26. The summed E-state index contributed by atoms with van der Waals surface area (Å²) in [5.74, 6) is 0.661. The molecule has 0 aliphatic carbocycles. The van der Waals surface area contributed by atoms with E-state index in [0.717, 1.165) is 24.5 Å². The molecule has 4 rings (SSSR count). The van der Waals surface area contributed by atoms with E-state index >= 15 is 0 Å². The summed E-state index contributed by atoms with van der Waals surface area (Å²) in [5.41, 5.74) is 4.71. The van der Waals surface area contributed by atoms with Gasteiger partial charge in [0, 0.05) is 25.0 Å². The van der Waals surface area contributed by atoms with Gasteiger partial charge in [-0.3, -0.25) is 4.79 Å². The fraction of sp³-hybridized carbons (Fsp3) is 0.389. The maximum Gasteiger partial charge on any atom is 0.262 e. The highest BCUT2D eigenvalue weighted by molar-refractivity contribution is 6.09. The summed E-state index contributed by atoms with van der Waals surface area (Å²) < 4.78 is 5.37. The van der Waals surface area contributed by atoms with Crippen molar-refractivity contribution in [3.05, 3.63) is 46.8 Å². The summed E-state index contributed by atoms with van der Waals surface area (Å²) in [6.45, 7) is 7.57. The van der Waals surface area contributed by atoms with Crippen LogP contribution in [0, 0.1) is 13.8 Å². The van der Waals surface area contributed by atoms with Gasteiger partial charge in [0.25, 0.3) is 5.91 Å². The average Bonchev–Trinajstić information content (AvgIpc) is 2.94. The van der Waals surface area contributed by atoms with E-state index in [-0.39, 0.29) is 5.91 Å². The predicted molar refractivity (Wildman–Crippen MR) is 91.5 cm³/mol. The van der Waals surface area contributed by atoms with Crippen molar-refractivity contribution >= 4 is 17.5 Å². The Hall–Kier alpha value is -2.47. The summed E-state index contributed by atoms with van der Waals surface area (Å²) in [4.78, 5) is 25.6. The zero-order chi connectivity index (χ0) is 16.7. The number of benzene rings is 1. The van der Waals surface area contributed by atoms with Crippen LogP contribution in [-0.2, 0) is 11.3 Å². The Morgan fingerprint density at radius 2 is 1.92 bits per heavy atom. The SMILES string of the molecule is Cc1ccc(N2Cc3nc(N4CCOCC4)ncc3C2=O)cc1C. The highest BCUT2D eigenvalue weighted by atomic mass is 16.5. The highest BCUT2D eigenvalue weighted by Crippen LogP contribution is 2.29. The van der Waals surface area contributed by atoms with Crippen LogP contribution in [0.4, 0.5) is 11.6 Å². The van der Waals surface area contributed by atoms with Crippen molar-refractivity contribution in [3.8, 4) is 0 Å². The molecule has 3 heterocycles. The molecule has 0 spiro atoms. The van der Waals surface area contributed by atoms with Crippen molar-refractivity contribution in [2.45, 2.75) is 20.4 Å². The smallest absolute Gasteiger partial charge is 0.262 e. The third kappa shape index (κ3) is 2.53. The van der Waals surface area contributed by atoms with E-state index in [4.69, 9.17) is 4.74 Å². The molecule has 6 nitrogen and oxygen atoms in total. The maximum absolute atomic E-state index is 12.7. The third-order valence-corrected chi connectivity index (χ3v) is 4.73. The Labute approximate surface area is 141 Å². The van der Waals surface area contributed by atoms with Crippen LogP contribution in [0.15, 0.2) is 24.4 Å². The van der Waals surface area contributed by atoms with Crippen molar-refractivity contribution in [3.63, 3.8) is 0 Å². The lowest BCUT2D eigenvalue weighted by Crippen LogP contribution is -2.37. The molecule has 0 saturated carbocycles. The van der Waals surface area contributed by atoms with Gasteiger partial charge in [0.15, 0.2) is 0 Å². The number of amides is 1. The number of morpholine rings is 1. The Bertz CT molecular complexity index is 800. The maximum atomic E-state index is 12.7. The molecule has 2 aliphatic rings. The van der Waals surface area contributed by atoms with Gasteiger partial charge in [-0.05, 0) is 37.1 Å². The van der Waals surface area contributed by atoms with Gasteiger partial charge in [-0.25, -0.2) is 9.97 Å². The van der Waals surface area contributed by atoms with Crippen molar-refractivity contribution in [2.24, 2.45) is 0 Å². The Kier molecular flexibility index (Phi) is 3.69. The minimum absolute atomic E-state index is 0.0261. The van der Waals surface area contributed by atoms with Gasteiger partial charge >= 0.3 is 0 Å². The van der Waals surface area contributed by atoms with E-state index in [1.807, 2.05) is 12.1 Å². The van der Waals surface area contributed by atoms with Crippen molar-refractivity contribution in [1.82, 2.24) is 9.97 Å². The lowest BCUT2D eigenvalue weighted by molar-refractivity contribution is 0.0996. The number of aromatic nitrogens is 2. The van der Waals surface area contributed by atoms with Gasteiger partial charge < -0.3 is 14.5 Å². The zero-order valence-electron chi connectivity index (χ0n) is 14.0. The molecule has 1 aromatic heterocycles. The molecule has 0 N–H and O–H groups in total. The second kappa shape index (κ2) is 5.87. The first-order valence-corrected chi connectivity index (χ1v) is 8.21. The van der Waals surface area contributed by atoms with E-state index in [9.17, 15) is 4.79 Å². The van der Waals surface area contributed by atoms with Crippen LogP contribution in [0.2, 0.25) is 0 Å². The monoisotopic (exact) mass is 324 g/mol. The van der Waals surface area contributed by atoms with Crippen LogP contribution in [0.25, 0.3) is 0 Å². The largest absolute Gasteiger partial charge is 0.378 e. The molecule has 0 atom stereocenters. The molecule has 124 valence electrons. The van der Waals surface area contributed by atoms with Gasteiger partial charge in [0.1, 0.15) is 0 Å². The Balaban J connectivity index is 1.62. The first-order chi connectivity index (χ1) is 11.6. The Morgan fingerprint density at radius 3 is 2.67 bits per heavy atom. The van der Waals surface area contributed by atoms with Crippen LogP contribution in [0.5, 0.6) is 0 Å². The predicted octanol–water partition coefficient (Wildman–Crippen LogP) is 2.09. The van der Waals surface area contributed by atoms with Crippen LogP contribution in [0.3, 0.4) is 0 Å². The highest BCUT2D eigenvalue weighted by Gasteiger charge is 2.31. The molecule has 1 aromatic carbocycles. The molecule has 24 heavy (non-hydrogen) atoms. The summed E-state index contributed by atoms with van der Waals surface area (Å²) in [6.07, 6.45) is 1.66. The van der Waals surface area contributed by atoms with Crippen molar-refractivity contribution in [1.29, 1.82) is 0 Å². The number of anilines is 2. The molecule has 6 heteroatoms. The van der Waals surface area contributed by atoms with Crippen molar-refractivity contribution < 1.29 is 9.53 Å². The molecular formula is C18H20N4O2. The van der Waals surface area contributed by atoms with Gasteiger partial charge in [-0.2, -0.15) is 0 Å².